The number of methoxy groups -OCH3 is 1. The van der Waals surface area contributed by atoms with Crippen molar-refractivity contribution in [1.82, 2.24) is 34.7 Å². The van der Waals surface area contributed by atoms with Crippen LogP contribution in [0, 0.1) is 6.92 Å². The van der Waals surface area contributed by atoms with Gasteiger partial charge in [-0.15, -0.1) is 20.4 Å². The summed E-state index contributed by atoms with van der Waals surface area (Å²) in [5, 5.41) is 19.4. The van der Waals surface area contributed by atoms with Crippen molar-refractivity contribution in [3.05, 3.63) is 47.0 Å². The minimum Gasteiger partial charge on any atom is -0.497 e. The van der Waals surface area contributed by atoms with Crippen LogP contribution in [0.1, 0.15) is 15.4 Å². The van der Waals surface area contributed by atoms with E-state index in [4.69, 9.17) is 9.47 Å². The van der Waals surface area contributed by atoms with Crippen LogP contribution in [0.15, 0.2) is 36.4 Å². The smallest absolute Gasteiger partial charge is 0.265 e. The Bertz CT molecular complexity index is 1140. The molecule has 0 saturated carbocycles. The van der Waals surface area contributed by atoms with Crippen LogP contribution in [0.2, 0.25) is 0 Å². The normalized spacial score (nSPS) is 10.8. The van der Waals surface area contributed by atoms with Crippen molar-refractivity contribution >= 4 is 23.1 Å². The molecule has 4 rings (SSSR count). The van der Waals surface area contributed by atoms with Gasteiger partial charge in [0.25, 0.3) is 5.91 Å². The van der Waals surface area contributed by atoms with E-state index in [1.807, 2.05) is 24.3 Å². The Morgan fingerprint density at radius 1 is 1.14 bits per heavy atom. The van der Waals surface area contributed by atoms with E-state index in [-0.39, 0.29) is 12.5 Å². The van der Waals surface area contributed by atoms with E-state index in [2.05, 4.69) is 30.2 Å². The highest BCUT2D eigenvalue weighted by molar-refractivity contribution is 7.07. The first-order valence-electron chi connectivity index (χ1n) is 8.72. The Morgan fingerprint density at radius 2 is 1.97 bits per heavy atom. The lowest BCUT2D eigenvalue weighted by Crippen LogP contribution is -2.28. The molecular weight excluding hydrogens is 394 g/mol. The second-order valence-corrected chi connectivity index (χ2v) is 6.74. The van der Waals surface area contributed by atoms with Crippen LogP contribution in [0.5, 0.6) is 11.6 Å². The number of ether oxygens (including phenoxy) is 2. The molecule has 1 aromatic carbocycles. The van der Waals surface area contributed by atoms with E-state index in [1.165, 1.54) is 0 Å². The molecule has 29 heavy (non-hydrogen) atoms. The zero-order chi connectivity index (χ0) is 20.2. The Balaban J connectivity index is 1.42. The van der Waals surface area contributed by atoms with Crippen LogP contribution in [0.4, 0.5) is 0 Å². The summed E-state index contributed by atoms with van der Waals surface area (Å²) in [5.41, 5.74) is 2.06. The molecule has 10 nitrogen and oxygen atoms in total. The average Bonchev–Trinajstić information content (AvgIpc) is 3.37. The number of hydrogen-bond donors (Lipinski definition) is 1. The lowest BCUT2D eigenvalue weighted by atomic mass is 10.2. The van der Waals surface area contributed by atoms with Gasteiger partial charge in [0, 0.05) is 11.6 Å². The third kappa shape index (κ3) is 3.99. The van der Waals surface area contributed by atoms with Crippen molar-refractivity contribution in [3.8, 4) is 23.0 Å². The second kappa shape index (κ2) is 8.19. The number of carbonyl (C=O) groups excluding carboxylic acids is 1. The number of aromatic nitrogens is 6. The van der Waals surface area contributed by atoms with Crippen LogP contribution in [0.25, 0.3) is 17.0 Å². The van der Waals surface area contributed by atoms with Gasteiger partial charge < -0.3 is 14.8 Å². The van der Waals surface area contributed by atoms with Crippen molar-refractivity contribution < 1.29 is 14.3 Å². The van der Waals surface area contributed by atoms with Gasteiger partial charge in [-0.25, -0.2) is 0 Å². The monoisotopic (exact) mass is 411 g/mol. The van der Waals surface area contributed by atoms with Gasteiger partial charge in [-0.3, -0.25) is 4.79 Å². The van der Waals surface area contributed by atoms with Crippen LogP contribution in [-0.2, 0) is 0 Å². The first-order chi connectivity index (χ1) is 14.2. The molecule has 1 amide bonds. The van der Waals surface area contributed by atoms with E-state index in [9.17, 15) is 4.79 Å². The SMILES string of the molecule is COc1ccc(-c2nnc3ccc(OCCNC(=O)c4snnc4C)nn23)cc1. The molecule has 0 spiro atoms. The number of nitrogens with one attached hydrogen (secondary N) is 1. The quantitative estimate of drug-likeness (QED) is 0.457. The molecule has 1 N–H and O–H groups in total. The molecule has 3 aromatic heterocycles. The summed E-state index contributed by atoms with van der Waals surface area (Å²) in [4.78, 5) is 12.5. The molecule has 0 bridgehead atoms. The fourth-order valence-electron chi connectivity index (χ4n) is 2.61. The minimum absolute atomic E-state index is 0.217. The Hall–Kier alpha value is -3.60. The van der Waals surface area contributed by atoms with Crippen molar-refractivity contribution in [2.75, 3.05) is 20.3 Å². The van der Waals surface area contributed by atoms with Gasteiger partial charge in [0.15, 0.2) is 11.5 Å². The first kappa shape index (κ1) is 18.7. The largest absolute Gasteiger partial charge is 0.497 e. The molecule has 0 aliphatic carbocycles. The molecular formula is C18H17N7O3S. The van der Waals surface area contributed by atoms with Crippen LogP contribution in [0.3, 0.4) is 0 Å². The van der Waals surface area contributed by atoms with Crippen molar-refractivity contribution in [2.45, 2.75) is 6.92 Å². The number of amides is 1. The highest BCUT2D eigenvalue weighted by Gasteiger charge is 2.13. The van der Waals surface area contributed by atoms with Crippen molar-refractivity contribution in [3.63, 3.8) is 0 Å². The van der Waals surface area contributed by atoms with E-state index < -0.39 is 0 Å². The Kier molecular flexibility index (Phi) is 5.29. The van der Waals surface area contributed by atoms with E-state index in [0.29, 0.717) is 34.5 Å². The predicted molar refractivity (Wildman–Crippen MR) is 105 cm³/mol. The van der Waals surface area contributed by atoms with Gasteiger partial charge in [0.1, 0.15) is 17.2 Å². The van der Waals surface area contributed by atoms with Crippen LogP contribution < -0.4 is 14.8 Å². The zero-order valence-corrected chi connectivity index (χ0v) is 16.5. The fourth-order valence-corrected chi connectivity index (χ4v) is 3.18. The standard InChI is InChI=1S/C18H17N7O3S/c1-11-16(29-24-20-11)18(26)19-9-10-28-15-8-7-14-21-22-17(25(14)23-15)12-3-5-13(27-2)6-4-12/h3-8H,9-10H2,1-2H3,(H,19,26). The number of aryl methyl sites for hydroxylation is 1. The van der Waals surface area contributed by atoms with Gasteiger partial charge >= 0.3 is 0 Å². The number of hydrogen-bond acceptors (Lipinski definition) is 9. The first-order valence-corrected chi connectivity index (χ1v) is 9.50. The molecule has 0 aliphatic rings. The van der Waals surface area contributed by atoms with Crippen LogP contribution >= 0.6 is 11.5 Å². The summed E-state index contributed by atoms with van der Waals surface area (Å²) in [5.74, 6) is 1.53. The summed E-state index contributed by atoms with van der Waals surface area (Å²) in [6.07, 6.45) is 0. The topological polar surface area (TPSA) is 116 Å². The van der Waals surface area contributed by atoms with Gasteiger partial charge in [-0.05, 0) is 48.8 Å². The number of fused-ring (bicyclic) bond motifs is 1. The van der Waals surface area contributed by atoms with Gasteiger partial charge in [0.2, 0.25) is 5.88 Å². The van der Waals surface area contributed by atoms with Crippen molar-refractivity contribution in [2.24, 2.45) is 0 Å². The molecule has 0 atom stereocenters. The molecule has 4 aromatic rings. The summed E-state index contributed by atoms with van der Waals surface area (Å²) >= 11 is 1.06. The highest BCUT2D eigenvalue weighted by Crippen LogP contribution is 2.21. The highest BCUT2D eigenvalue weighted by atomic mass is 32.1. The second-order valence-electron chi connectivity index (χ2n) is 5.99. The summed E-state index contributed by atoms with van der Waals surface area (Å²) in [7, 11) is 1.62. The number of benzene rings is 1. The molecule has 11 heteroatoms. The van der Waals surface area contributed by atoms with Gasteiger partial charge in [-0.2, -0.15) is 4.52 Å². The van der Waals surface area contributed by atoms with E-state index in [0.717, 1.165) is 22.8 Å². The van der Waals surface area contributed by atoms with Crippen LogP contribution in [-0.4, -0.2) is 55.6 Å². The lowest BCUT2D eigenvalue weighted by molar-refractivity contribution is 0.0949. The maximum absolute atomic E-state index is 12.0. The number of nitrogens with zero attached hydrogens (tertiary/aromatic N) is 6. The molecule has 0 saturated heterocycles. The molecule has 0 aliphatic heterocycles. The summed E-state index contributed by atoms with van der Waals surface area (Å²) in [6.45, 7) is 2.33. The molecule has 0 radical (unpaired) electrons. The number of rotatable bonds is 7. The maximum atomic E-state index is 12.0. The maximum Gasteiger partial charge on any atom is 0.265 e. The number of carbonyl (C=O) groups is 1. The Labute approximate surface area is 169 Å². The zero-order valence-electron chi connectivity index (χ0n) is 15.7. The summed E-state index contributed by atoms with van der Waals surface area (Å²) < 4.78 is 16.2. The molecule has 3 heterocycles. The third-order valence-corrected chi connectivity index (χ3v) is 4.91. The molecule has 148 valence electrons. The van der Waals surface area contributed by atoms with E-state index in [1.54, 1.807) is 30.7 Å². The van der Waals surface area contributed by atoms with Crippen molar-refractivity contribution in [1.29, 1.82) is 0 Å². The Morgan fingerprint density at radius 3 is 2.69 bits per heavy atom. The summed E-state index contributed by atoms with van der Waals surface area (Å²) in [6, 6.07) is 10.9. The van der Waals surface area contributed by atoms with Gasteiger partial charge in [0.05, 0.1) is 19.3 Å². The fraction of sp³-hybridized carbons (Fsp3) is 0.222. The van der Waals surface area contributed by atoms with E-state index >= 15 is 0 Å². The average molecular weight is 411 g/mol. The van der Waals surface area contributed by atoms with Gasteiger partial charge in [-0.1, -0.05) is 4.49 Å². The minimum atomic E-state index is -0.217. The molecule has 0 fully saturated rings. The molecule has 0 unspecified atom stereocenters. The third-order valence-electron chi connectivity index (χ3n) is 4.08. The predicted octanol–water partition coefficient (Wildman–Crippen LogP) is 1.77. The lowest BCUT2D eigenvalue weighted by Gasteiger charge is -2.07.